The molecular formula is C11H12N2O2. The maximum Gasteiger partial charge on any atom is 0.118 e. The molecule has 1 heterocycles. The van der Waals surface area contributed by atoms with Crippen molar-refractivity contribution in [3.8, 4) is 11.3 Å². The van der Waals surface area contributed by atoms with Crippen LogP contribution >= 0.6 is 0 Å². The molecule has 2 aromatic rings. The van der Waals surface area contributed by atoms with Gasteiger partial charge in [-0.25, -0.2) is 0 Å². The highest BCUT2D eigenvalue weighted by Gasteiger charge is 2.10. The van der Waals surface area contributed by atoms with Crippen LogP contribution in [0.25, 0.3) is 11.3 Å². The van der Waals surface area contributed by atoms with Crippen LogP contribution in [0.15, 0.2) is 36.4 Å². The van der Waals surface area contributed by atoms with Crippen molar-refractivity contribution in [2.24, 2.45) is 0 Å². The van der Waals surface area contributed by atoms with E-state index >= 15 is 0 Å². The Bertz CT molecular complexity index is 425. The second-order valence-electron chi connectivity index (χ2n) is 3.27. The molecule has 0 spiro atoms. The predicted octanol–water partition coefficient (Wildman–Crippen LogP) is 1.10. The minimum Gasteiger partial charge on any atom is -0.393 e. The number of nitrogens with zero attached hydrogens (tertiary/aromatic N) is 1. The Labute approximate surface area is 87.2 Å². The van der Waals surface area contributed by atoms with Gasteiger partial charge < -0.3 is 10.2 Å². The van der Waals surface area contributed by atoms with Crippen LogP contribution in [0, 0.1) is 0 Å². The average molecular weight is 204 g/mol. The largest absolute Gasteiger partial charge is 0.393 e. The van der Waals surface area contributed by atoms with Gasteiger partial charge in [0.2, 0.25) is 0 Å². The molecule has 0 saturated heterocycles. The summed E-state index contributed by atoms with van der Waals surface area (Å²) >= 11 is 0. The van der Waals surface area contributed by atoms with E-state index in [1.165, 1.54) is 0 Å². The summed E-state index contributed by atoms with van der Waals surface area (Å²) in [7, 11) is 0. The van der Waals surface area contributed by atoms with E-state index in [1.54, 1.807) is 6.07 Å². The van der Waals surface area contributed by atoms with Crippen LogP contribution in [0.1, 0.15) is 11.8 Å². The lowest BCUT2D eigenvalue weighted by molar-refractivity contribution is 0.0922. The second-order valence-corrected chi connectivity index (χ2v) is 3.27. The van der Waals surface area contributed by atoms with Gasteiger partial charge in [0.1, 0.15) is 6.10 Å². The third-order valence-electron chi connectivity index (χ3n) is 2.20. The topological polar surface area (TPSA) is 69.1 Å². The molecule has 1 atom stereocenters. The van der Waals surface area contributed by atoms with Gasteiger partial charge in [-0.1, -0.05) is 30.3 Å². The molecule has 1 unspecified atom stereocenters. The number of aromatic nitrogens is 2. The van der Waals surface area contributed by atoms with Gasteiger partial charge in [-0.15, -0.1) is 0 Å². The third kappa shape index (κ3) is 2.06. The van der Waals surface area contributed by atoms with E-state index < -0.39 is 6.10 Å². The molecule has 0 amide bonds. The highest BCUT2D eigenvalue weighted by molar-refractivity contribution is 5.58. The van der Waals surface area contributed by atoms with Crippen molar-refractivity contribution in [1.82, 2.24) is 10.2 Å². The van der Waals surface area contributed by atoms with Gasteiger partial charge >= 0.3 is 0 Å². The first kappa shape index (κ1) is 9.89. The van der Waals surface area contributed by atoms with E-state index in [9.17, 15) is 5.11 Å². The van der Waals surface area contributed by atoms with Crippen molar-refractivity contribution >= 4 is 0 Å². The van der Waals surface area contributed by atoms with Gasteiger partial charge in [0.15, 0.2) is 0 Å². The van der Waals surface area contributed by atoms with E-state index in [4.69, 9.17) is 5.11 Å². The molecule has 2 rings (SSSR count). The van der Waals surface area contributed by atoms with E-state index in [0.29, 0.717) is 5.69 Å². The van der Waals surface area contributed by atoms with Gasteiger partial charge in [-0.3, -0.25) is 5.10 Å². The summed E-state index contributed by atoms with van der Waals surface area (Å²) in [6.07, 6.45) is -0.894. The summed E-state index contributed by atoms with van der Waals surface area (Å²) in [5.74, 6) is 0. The van der Waals surface area contributed by atoms with E-state index in [-0.39, 0.29) is 6.61 Å². The van der Waals surface area contributed by atoms with Crippen LogP contribution in [0.2, 0.25) is 0 Å². The summed E-state index contributed by atoms with van der Waals surface area (Å²) < 4.78 is 0. The molecule has 78 valence electrons. The van der Waals surface area contributed by atoms with Crippen molar-refractivity contribution in [1.29, 1.82) is 0 Å². The lowest BCUT2D eigenvalue weighted by Crippen LogP contribution is -2.02. The van der Waals surface area contributed by atoms with Crippen LogP contribution in [0.4, 0.5) is 0 Å². The number of aliphatic hydroxyl groups excluding tert-OH is 2. The Morgan fingerprint density at radius 3 is 2.67 bits per heavy atom. The van der Waals surface area contributed by atoms with Gasteiger partial charge in [-0.05, 0) is 6.07 Å². The Morgan fingerprint density at radius 2 is 2.00 bits per heavy atom. The number of rotatable bonds is 3. The quantitative estimate of drug-likeness (QED) is 0.701. The highest BCUT2D eigenvalue weighted by atomic mass is 16.3. The maximum atomic E-state index is 9.37. The van der Waals surface area contributed by atoms with Crippen LogP contribution < -0.4 is 0 Å². The number of hydrogen-bond acceptors (Lipinski definition) is 3. The zero-order valence-corrected chi connectivity index (χ0v) is 8.09. The first-order valence-corrected chi connectivity index (χ1v) is 4.71. The first-order chi connectivity index (χ1) is 7.31. The van der Waals surface area contributed by atoms with Crippen LogP contribution in [0.5, 0.6) is 0 Å². The number of hydrogen-bond donors (Lipinski definition) is 3. The fourth-order valence-electron chi connectivity index (χ4n) is 1.36. The summed E-state index contributed by atoms with van der Waals surface area (Å²) in [4.78, 5) is 0. The van der Waals surface area contributed by atoms with Crippen molar-refractivity contribution in [2.45, 2.75) is 6.10 Å². The van der Waals surface area contributed by atoms with Gasteiger partial charge in [-0.2, -0.15) is 5.10 Å². The second kappa shape index (κ2) is 4.25. The SMILES string of the molecule is OCC(O)c1cc(-c2ccccc2)n[nH]1. The van der Waals surface area contributed by atoms with Crippen LogP contribution in [-0.2, 0) is 0 Å². The maximum absolute atomic E-state index is 9.37. The minimum atomic E-state index is -0.894. The van der Waals surface area contributed by atoms with E-state index in [0.717, 1.165) is 11.3 Å². The average Bonchev–Trinajstić information content (AvgIpc) is 2.78. The molecule has 1 aromatic heterocycles. The number of aliphatic hydroxyl groups is 2. The minimum absolute atomic E-state index is 0.309. The summed E-state index contributed by atoms with van der Waals surface area (Å²) in [5.41, 5.74) is 2.26. The standard InChI is InChI=1S/C11H12N2O2/c14-7-11(15)10-6-9(12-13-10)8-4-2-1-3-5-8/h1-6,11,14-15H,7H2,(H,12,13). The van der Waals surface area contributed by atoms with Gasteiger partial charge in [0.05, 0.1) is 18.0 Å². The zero-order chi connectivity index (χ0) is 10.7. The molecule has 0 radical (unpaired) electrons. The third-order valence-corrected chi connectivity index (χ3v) is 2.20. The smallest absolute Gasteiger partial charge is 0.118 e. The molecule has 0 saturated carbocycles. The van der Waals surface area contributed by atoms with Gasteiger partial charge in [0, 0.05) is 5.56 Å². The molecule has 0 fully saturated rings. The summed E-state index contributed by atoms with van der Waals surface area (Å²) in [5, 5.41) is 24.9. The Hall–Kier alpha value is -1.65. The number of benzene rings is 1. The molecule has 4 nitrogen and oxygen atoms in total. The van der Waals surface area contributed by atoms with Crippen molar-refractivity contribution in [3.05, 3.63) is 42.1 Å². The Balaban J connectivity index is 2.28. The van der Waals surface area contributed by atoms with Crippen molar-refractivity contribution < 1.29 is 10.2 Å². The van der Waals surface area contributed by atoms with Crippen LogP contribution in [-0.4, -0.2) is 27.0 Å². The molecule has 3 N–H and O–H groups in total. The molecule has 0 aliphatic rings. The van der Waals surface area contributed by atoms with Crippen molar-refractivity contribution in [3.63, 3.8) is 0 Å². The fourth-order valence-corrected chi connectivity index (χ4v) is 1.36. The molecule has 0 aliphatic heterocycles. The normalized spacial score (nSPS) is 12.7. The Morgan fingerprint density at radius 1 is 1.27 bits per heavy atom. The summed E-state index contributed by atoms with van der Waals surface area (Å²) in [6.45, 7) is -0.309. The zero-order valence-electron chi connectivity index (χ0n) is 8.09. The molecule has 0 aliphatic carbocycles. The Kier molecular flexibility index (Phi) is 2.80. The van der Waals surface area contributed by atoms with Crippen molar-refractivity contribution in [2.75, 3.05) is 6.61 Å². The summed E-state index contributed by atoms with van der Waals surface area (Å²) in [6, 6.07) is 11.4. The number of aromatic amines is 1. The van der Waals surface area contributed by atoms with E-state index in [2.05, 4.69) is 10.2 Å². The lowest BCUT2D eigenvalue weighted by Gasteiger charge is -2.01. The fraction of sp³-hybridized carbons (Fsp3) is 0.182. The monoisotopic (exact) mass is 204 g/mol. The van der Waals surface area contributed by atoms with Gasteiger partial charge in [0.25, 0.3) is 0 Å². The number of nitrogens with one attached hydrogen (secondary N) is 1. The molecule has 4 heteroatoms. The molecular weight excluding hydrogens is 192 g/mol. The molecule has 1 aromatic carbocycles. The molecule has 15 heavy (non-hydrogen) atoms. The highest BCUT2D eigenvalue weighted by Crippen LogP contribution is 2.19. The predicted molar refractivity (Wildman–Crippen MR) is 56.1 cm³/mol. The number of H-pyrrole nitrogens is 1. The van der Waals surface area contributed by atoms with Crippen LogP contribution in [0.3, 0.4) is 0 Å². The lowest BCUT2D eigenvalue weighted by atomic mass is 10.1. The first-order valence-electron chi connectivity index (χ1n) is 4.71. The van der Waals surface area contributed by atoms with E-state index in [1.807, 2.05) is 30.3 Å². The molecule has 0 bridgehead atoms.